The van der Waals surface area contributed by atoms with Crippen molar-refractivity contribution in [3.8, 4) is 0 Å². The summed E-state index contributed by atoms with van der Waals surface area (Å²) in [5.41, 5.74) is 1.40. The van der Waals surface area contributed by atoms with E-state index in [1.54, 1.807) is 11.8 Å². The Kier molecular flexibility index (Phi) is 2.24. The number of hydrogen-bond donors (Lipinski definition) is 2. The molecule has 0 saturated heterocycles. The fourth-order valence-corrected chi connectivity index (χ4v) is 3.75. The number of thioether (sulfide) groups is 1. The van der Waals surface area contributed by atoms with Crippen molar-refractivity contribution in [1.29, 1.82) is 0 Å². The summed E-state index contributed by atoms with van der Waals surface area (Å²) in [7, 11) is 0. The summed E-state index contributed by atoms with van der Waals surface area (Å²) < 4.78 is 0. The number of carboxylic acid groups (broad SMARTS) is 2. The van der Waals surface area contributed by atoms with Crippen LogP contribution < -0.4 is 0 Å². The molecule has 0 saturated carbocycles. The molecule has 0 spiro atoms. The van der Waals surface area contributed by atoms with E-state index in [0.717, 1.165) is 11.3 Å². The molecular weight excluding hydrogens is 224 g/mol. The van der Waals surface area contributed by atoms with E-state index in [4.69, 9.17) is 10.2 Å². The lowest BCUT2D eigenvalue weighted by atomic mass is 10.1. The summed E-state index contributed by atoms with van der Waals surface area (Å²) in [4.78, 5) is 22.0. The standard InChI is InChI=1S/C8H6O4S2/c9-7(10)5-3-1-13-2-4(3)6(14-5)8(11)12/h1-2H2,(H,9,10)(H,11,12). The Balaban J connectivity index is 2.60. The van der Waals surface area contributed by atoms with Crippen LogP contribution >= 0.6 is 23.1 Å². The molecule has 0 aromatic carbocycles. The highest BCUT2D eigenvalue weighted by Crippen LogP contribution is 2.39. The molecule has 1 aliphatic heterocycles. The van der Waals surface area contributed by atoms with Gasteiger partial charge in [-0.25, -0.2) is 9.59 Å². The number of carboxylic acids is 2. The molecule has 0 amide bonds. The summed E-state index contributed by atoms with van der Waals surface area (Å²) in [6.45, 7) is 0. The molecular formula is C8H6O4S2. The zero-order valence-corrected chi connectivity index (χ0v) is 8.57. The Hall–Kier alpha value is -1.01. The largest absolute Gasteiger partial charge is 0.477 e. The average molecular weight is 230 g/mol. The maximum atomic E-state index is 10.8. The third kappa shape index (κ3) is 1.31. The molecule has 2 heterocycles. The van der Waals surface area contributed by atoms with Crippen LogP contribution in [0.5, 0.6) is 0 Å². The van der Waals surface area contributed by atoms with E-state index >= 15 is 0 Å². The molecule has 0 aliphatic carbocycles. The van der Waals surface area contributed by atoms with Gasteiger partial charge in [-0.3, -0.25) is 0 Å². The van der Waals surface area contributed by atoms with Gasteiger partial charge in [-0.2, -0.15) is 11.8 Å². The molecule has 0 atom stereocenters. The maximum absolute atomic E-state index is 10.8. The molecule has 0 unspecified atom stereocenters. The molecule has 4 nitrogen and oxygen atoms in total. The minimum Gasteiger partial charge on any atom is -0.477 e. The molecule has 0 radical (unpaired) electrons. The van der Waals surface area contributed by atoms with Gasteiger partial charge in [-0.05, 0) is 11.1 Å². The molecule has 0 fully saturated rings. The highest BCUT2D eigenvalue weighted by atomic mass is 32.2. The molecule has 0 bridgehead atoms. The molecule has 1 aliphatic rings. The van der Waals surface area contributed by atoms with Crippen LogP contribution in [0.4, 0.5) is 0 Å². The van der Waals surface area contributed by atoms with E-state index in [0.29, 0.717) is 22.6 Å². The van der Waals surface area contributed by atoms with E-state index in [9.17, 15) is 9.59 Å². The van der Waals surface area contributed by atoms with Crippen LogP contribution in [0.15, 0.2) is 0 Å². The Bertz CT molecular complexity index is 385. The zero-order chi connectivity index (χ0) is 10.3. The first-order valence-electron chi connectivity index (χ1n) is 3.80. The lowest BCUT2D eigenvalue weighted by molar-refractivity contribution is 0.0692. The van der Waals surface area contributed by atoms with E-state index in [2.05, 4.69) is 0 Å². The molecule has 6 heteroatoms. The third-order valence-corrected chi connectivity index (χ3v) is 4.23. The van der Waals surface area contributed by atoms with Crippen LogP contribution in [-0.2, 0) is 11.5 Å². The minimum absolute atomic E-state index is 0.183. The number of thiophene rings is 1. The number of carbonyl (C=O) groups is 2. The van der Waals surface area contributed by atoms with Gasteiger partial charge < -0.3 is 10.2 Å². The van der Waals surface area contributed by atoms with Crippen LogP contribution in [0.1, 0.15) is 30.5 Å². The summed E-state index contributed by atoms with van der Waals surface area (Å²) in [5, 5.41) is 17.7. The van der Waals surface area contributed by atoms with Crippen molar-refractivity contribution in [2.24, 2.45) is 0 Å². The Labute approximate surface area is 87.6 Å². The minimum atomic E-state index is -1.03. The number of aromatic carboxylic acids is 2. The average Bonchev–Trinajstić information content (AvgIpc) is 2.59. The van der Waals surface area contributed by atoms with Crippen LogP contribution in [-0.4, -0.2) is 22.2 Å². The van der Waals surface area contributed by atoms with Crippen LogP contribution in [0.25, 0.3) is 0 Å². The first kappa shape index (κ1) is 9.54. The molecule has 74 valence electrons. The Morgan fingerprint density at radius 2 is 1.43 bits per heavy atom. The van der Waals surface area contributed by atoms with Gasteiger partial charge in [0.1, 0.15) is 9.75 Å². The van der Waals surface area contributed by atoms with Crippen molar-refractivity contribution in [2.45, 2.75) is 11.5 Å². The highest BCUT2D eigenvalue weighted by molar-refractivity contribution is 7.98. The zero-order valence-electron chi connectivity index (χ0n) is 6.94. The van der Waals surface area contributed by atoms with Crippen molar-refractivity contribution in [2.75, 3.05) is 0 Å². The Morgan fingerprint density at radius 3 is 1.79 bits per heavy atom. The molecule has 1 aromatic heterocycles. The first-order valence-corrected chi connectivity index (χ1v) is 5.77. The first-order chi connectivity index (χ1) is 6.61. The summed E-state index contributed by atoms with van der Waals surface area (Å²) >= 11 is 2.42. The molecule has 1 aromatic rings. The van der Waals surface area contributed by atoms with Crippen molar-refractivity contribution < 1.29 is 19.8 Å². The number of hydrogen-bond acceptors (Lipinski definition) is 4. The number of fused-ring (bicyclic) bond motifs is 1. The van der Waals surface area contributed by atoms with Crippen molar-refractivity contribution in [1.82, 2.24) is 0 Å². The van der Waals surface area contributed by atoms with Gasteiger partial charge >= 0.3 is 11.9 Å². The van der Waals surface area contributed by atoms with E-state index in [1.165, 1.54) is 0 Å². The van der Waals surface area contributed by atoms with E-state index in [-0.39, 0.29) is 9.75 Å². The molecule has 14 heavy (non-hydrogen) atoms. The monoisotopic (exact) mass is 230 g/mol. The van der Waals surface area contributed by atoms with Crippen molar-refractivity contribution in [3.05, 3.63) is 20.9 Å². The van der Waals surface area contributed by atoms with E-state index in [1.807, 2.05) is 0 Å². The second kappa shape index (κ2) is 3.29. The lowest BCUT2D eigenvalue weighted by Crippen LogP contribution is -1.95. The van der Waals surface area contributed by atoms with Gasteiger partial charge in [0.2, 0.25) is 0 Å². The SMILES string of the molecule is O=C(O)c1sc(C(=O)O)c2c1CSC2. The predicted octanol–water partition coefficient (Wildman–Crippen LogP) is 1.89. The third-order valence-electron chi connectivity index (χ3n) is 2.00. The maximum Gasteiger partial charge on any atom is 0.346 e. The topological polar surface area (TPSA) is 74.6 Å². The van der Waals surface area contributed by atoms with Crippen LogP contribution in [0, 0.1) is 0 Å². The van der Waals surface area contributed by atoms with E-state index < -0.39 is 11.9 Å². The second-order valence-corrected chi connectivity index (χ2v) is 4.83. The molecule has 2 rings (SSSR count). The van der Waals surface area contributed by atoms with Gasteiger partial charge in [-0.15, -0.1) is 11.3 Å². The Morgan fingerprint density at radius 1 is 1.00 bits per heavy atom. The van der Waals surface area contributed by atoms with Crippen molar-refractivity contribution >= 4 is 35.0 Å². The van der Waals surface area contributed by atoms with Crippen LogP contribution in [0.2, 0.25) is 0 Å². The van der Waals surface area contributed by atoms with Gasteiger partial charge in [0.05, 0.1) is 0 Å². The van der Waals surface area contributed by atoms with Crippen molar-refractivity contribution in [3.63, 3.8) is 0 Å². The van der Waals surface area contributed by atoms with Gasteiger partial charge in [-0.1, -0.05) is 0 Å². The van der Waals surface area contributed by atoms with Gasteiger partial charge in [0.25, 0.3) is 0 Å². The lowest BCUT2D eigenvalue weighted by Gasteiger charge is -1.90. The summed E-state index contributed by atoms with van der Waals surface area (Å²) in [6.07, 6.45) is 0. The molecule has 2 N–H and O–H groups in total. The predicted molar refractivity (Wildman–Crippen MR) is 53.2 cm³/mol. The number of rotatable bonds is 2. The fourth-order valence-electron chi connectivity index (χ4n) is 1.41. The quantitative estimate of drug-likeness (QED) is 0.811. The smallest absolute Gasteiger partial charge is 0.346 e. The summed E-state index contributed by atoms with van der Waals surface area (Å²) in [6, 6.07) is 0. The van der Waals surface area contributed by atoms with Crippen LogP contribution in [0.3, 0.4) is 0 Å². The van der Waals surface area contributed by atoms with Gasteiger partial charge in [0, 0.05) is 11.5 Å². The second-order valence-electron chi connectivity index (χ2n) is 2.82. The van der Waals surface area contributed by atoms with Gasteiger partial charge in [0.15, 0.2) is 0 Å². The normalized spacial score (nSPS) is 14.0. The summed E-state index contributed by atoms with van der Waals surface area (Å²) in [5.74, 6) is -0.830. The highest BCUT2D eigenvalue weighted by Gasteiger charge is 2.28. The fraction of sp³-hybridized carbons (Fsp3) is 0.250.